The SMILES string of the molecule is C=C(O)[C@]1(O)Cc2c(c(O)c3c(O)c4c(OC)cccc4c(O)c3c2O)[C@@H](O[C@@H]2O[C@@H](C)[C@H](O)[C@@H](N)[C@H]2Br)C1. The van der Waals surface area contributed by atoms with Crippen LogP contribution in [0.15, 0.2) is 30.5 Å². The van der Waals surface area contributed by atoms with Gasteiger partial charge in [-0.05, 0) is 13.0 Å². The predicted octanol–water partition coefficient (Wildman–Crippen LogP) is 2.83. The second kappa shape index (κ2) is 9.58. The quantitative estimate of drug-likeness (QED) is 0.0939. The summed E-state index contributed by atoms with van der Waals surface area (Å²) in [6.45, 7) is 5.08. The number of halogens is 1. The van der Waals surface area contributed by atoms with E-state index < -0.39 is 69.8 Å². The fourth-order valence-electron chi connectivity index (χ4n) is 5.61. The summed E-state index contributed by atoms with van der Waals surface area (Å²) in [6, 6.07) is 3.88. The molecular weight excluding hydrogens is 578 g/mol. The Bertz CT molecular complexity index is 1500. The van der Waals surface area contributed by atoms with E-state index in [4.69, 9.17) is 19.9 Å². The molecule has 9 N–H and O–H groups in total. The standard InChI is InChI=1S/C27H30BrNO10/c1-9-21(31)20(29)19(28)26(38-9)39-14-8-27(36,10(2)30)7-12-16(14)25(35)18-17(23(12)33)22(32)11-5-4-6-13(37-3)15(11)24(18)34/h4-6,9,14,19-21,26,30-36H,2,7-8,29H2,1,3H3/t9-,14-,19+,20-,21-,26-,27-/m0/s1. The average molecular weight is 608 g/mol. The van der Waals surface area contributed by atoms with Gasteiger partial charge in [0.1, 0.15) is 40.1 Å². The lowest BCUT2D eigenvalue weighted by atomic mass is 9.75. The monoisotopic (exact) mass is 607 g/mol. The molecule has 1 aliphatic carbocycles. The first-order valence-electron chi connectivity index (χ1n) is 12.2. The lowest BCUT2D eigenvalue weighted by molar-refractivity contribution is -0.242. The van der Waals surface area contributed by atoms with Gasteiger partial charge in [-0.2, -0.15) is 0 Å². The van der Waals surface area contributed by atoms with Crippen molar-refractivity contribution in [2.45, 2.75) is 60.8 Å². The van der Waals surface area contributed by atoms with Crippen LogP contribution in [0, 0.1) is 0 Å². The molecule has 12 heteroatoms. The Morgan fingerprint density at radius 3 is 2.41 bits per heavy atom. The molecule has 39 heavy (non-hydrogen) atoms. The number of benzene rings is 3. The van der Waals surface area contributed by atoms with Gasteiger partial charge in [0, 0.05) is 29.4 Å². The Morgan fingerprint density at radius 1 is 1.10 bits per heavy atom. The van der Waals surface area contributed by atoms with Crippen LogP contribution in [0.25, 0.3) is 21.5 Å². The van der Waals surface area contributed by atoms with Gasteiger partial charge in [0.2, 0.25) is 0 Å². The molecule has 1 heterocycles. The van der Waals surface area contributed by atoms with Gasteiger partial charge < -0.3 is 55.7 Å². The Labute approximate surface area is 231 Å². The van der Waals surface area contributed by atoms with Gasteiger partial charge in [0.25, 0.3) is 0 Å². The third-order valence-corrected chi connectivity index (χ3v) is 8.85. The highest BCUT2D eigenvalue weighted by atomic mass is 79.9. The average Bonchev–Trinajstić information content (AvgIpc) is 2.90. The predicted molar refractivity (Wildman–Crippen MR) is 145 cm³/mol. The lowest BCUT2D eigenvalue weighted by Gasteiger charge is -2.44. The second-order valence-corrected chi connectivity index (χ2v) is 11.2. The largest absolute Gasteiger partial charge is 0.510 e. The number of phenolic OH excluding ortho intramolecular Hbond substituents is 4. The number of hydrogen-bond donors (Lipinski definition) is 8. The molecule has 0 aromatic heterocycles. The fraction of sp³-hybridized carbons (Fsp3) is 0.407. The van der Waals surface area contributed by atoms with Crippen LogP contribution in [-0.4, -0.2) is 77.8 Å². The van der Waals surface area contributed by atoms with Crippen molar-refractivity contribution in [2.24, 2.45) is 5.73 Å². The molecule has 0 radical (unpaired) electrons. The van der Waals surface area contributed by atoms with Gasteiger partial charge in [-0.25, -0.2) is 0 Å². The fourth-order valence-corrected chi connectivity index (χ4v) is 6.17. The highest BCUT2D eigenvalue weighted by Gasteiger charge is 2.48. The van der Waals surface area contributed by atoms with Crippen LogP contribution in [0.4, 0.5) is 0 Å². The molecule has 0 bridgehead atoms. The maximum atomic E-state index is 11.6. The van der Waals surface area contributed by atoms with Gasteiger partial charge in [-0.1, -0.05) is 34.6 Å². The molecule has 7 atom stereocenters. The minimum absolute atomic E-state index is 0.00511. The van der Waals surface area contributed by atoms with Crippen LogP contribution >= 0.6 is 15.9 Å². The van der Waals surface area contributed by atoms with Gasteiger partial charge in [0.05, 0.1) is 52.4 Å². The normalized spacial score (nSPS) is 30.8. The number of rotatable bonds is 4. The summed E-state index contributed by atoms with van der Waals surface area (Å²) in [5.41, 5.74) is 4.11. The van der Waals surface area contributed by atoms with Crippen LogP contribution in [0.5, 0.6) is 28.7 Å². The van der Waals surface area contributed by atoms with Crippen LogP contribution in [0.2, 0.25) is 0 Å². The van der Waals surface area contributed by atoms with E-state index >= 15 is 0 Å². The zero-order valence-electron chi connectivity index (χ0n) is 21.1. The van der Waals surface area contributed by atoms with Crippen molar-refractivity contribution in [3.05, 3.63) is 41.7 Å². The third-order valence-electron chi connectivity index (χ3n) is 7.80. The lowest BCUT2D eigenvalue weighted by Crippen LogP contribution is -2.59. The van der Waals surface area contributed by atoms with Crippen molar-refractivity contribution in [3.63, 3.8) is 0 Å². The number of ether oxygens (including phenoxy) is 3. The molecule has 0 saturated carbocycles. The molecule has 3 aromatic carbocycles. The number of hydrogen-bond acceptors (Lipinski definition) is 11. The summed E-state index contributed by atoms with van der Waals surface area (Å²) in [5, 5.41) is 77.1. The topological polar surface area (TPSA) is 195 Å². The molecule has 5 rings (SSSR count). The number of phenols is 4. The Morgan fingerprint density at radius 2 is 1.77 bits per heavy atom. The van der Waals surface area contributed by atoms with Crippen molar-refractivity contribution in [1.82, 2.24) is 0 Å². The van der Waals surface area contributed by atoms with E-state index in [-0.39, 0.29) is 51.3 Å². The highest BCUT2D eigenvalue weighted by Crippen LogP contribution is 2.57. The first-order chi connectivity index (χ1) is 18.3. The molecule has 210 valence electrons. The maximum Gasteiger partial charge on any atom is 0.172 e. The summed E-state index contributed by atoms with van der Waals surface area (Å²) in [5.74, 6) is -2.33. The van der Waals surface area contributed by atoms with Crippen molar-refractivity contribution in [3.8, 4) is 28.7 Å². The van der Waals surface area contributed by atoms with E-state index in [2.05, 4.69) is 22.5 Å². The Kier molecular flexibility index (Phi) is 6.77. The molecule has 0 unspecified atom stereocenters. The van der Waals surface area contributed by atoms with Crippen LogP contribution < -0.4 is 10.5 Å². The third kappa shape index (κ3) is 4.05. The van der Waals surface area contributed by atoms with Crippen LogP contribution in [-0.2, 0) is 15.9 Å². The van der Waals surface area contributed by atoms with Crippen LogP contribution in [0.3, 0.4) is 0 Å². The van der Waals surface area contributed by atoms with E-state index in [1.54, 1.807) is 19.1 Å². The summed E-state index contributed by atoms with van der Waals surface area (Å²) >= 11 is 3.39. The van der Waals surface area contributed by atoms with Gasteiger partial charge in [-0.15, -0.1) is 0 Å². The van der Waals surface area contributed by atoms with E-state index in [0.29, 0.717) is 0 Å². The number of aliphatic hydroxyl groups excluding tert-OH is 2. The van der Waals surface area contributed by atoms with E-state index in [0.717, 1.165) is 0 Å². The van der Waals surface area contributed by atoms with E-state index in [9.17, 15) is 35.7 Å². The smallest absolute Gasteiger partial charge is 0.172 e. The van der Waals surface area contributed by atoms with E-state index in [1.807, 2.05) is 0 Å². The summed E-state index contributed by atoms with van der Waals surface area (Å²) < 4.78 is 17.3. The summed E-state index contributed by atoms with van der Waals surface area (Å²) in [7, 11) is 1.38. The van der Waals surface area contributed by atoms with Crippen molar-refractivity contribution in [1.29, 1.82) is 0 Å². The highest BCUT2D eigenvalue weighted by molar-refractivity contribution is 9.09. The Balaban J connectivity index is 1.78. The van der Waals surface area contributed by atoms with E-state index in [1.165, 1.54) is 13.2 Å². The van der Waals surface area contributed by atoms with Crippen molar-refractivity contribution in [2.75, 3.05) is 7.11 Å². The number of methoxy groups -OCH3 is 1. The van der Waals surface area contributed by atoms with Crippen molar-refractivity contribution < 1.29 is 50.0 Å². The summed E-state index contributed by atoms with van der Waals surface area (Å²) in [4.78, 5) is -0.707. The molecule has 3 aromatic rings. The van der Waals surface area contributed by atoms with Gasteiger partial charge in [0.15, 0.2) is 6.29 Å². The minimum atomic E-state index is -1.99. The van der Waals surface area contributed by atoms with Crippen molar-refractivity contribution >= 4 is 37.5 Å². The molecule has 11 nitrogen and oxygen atoms in total. The summed E-state index contributed by atoms with van der Waals surface area (Å²) in [6.07, 6.45) is -4.72. The first kappa shape index (κ1) is 27.6. The molecule has 1 aliphatic heterocycles. The molecule has 0 spiro atoms. The van der Waals surface area contributed by atoms with Gasteiger partial charge >= 0.3 is 0 Å². The number of aromatic hydroxyl groups is 4. The number of aliphatic hydroxyl groups is 3. The van der Waals surface area contributed by atoms with Gasteiger partial charge in [-0.3, -0.25) is 0 Å². The maximum absolute atomic E-state index is 11.6. The number of nitrogens with two attached hydrogens (primary N) is 1. The first-order valence-corrected chi connectivity index (χ1v) is 13.1. The Hall–Kier alpha value is -3.00. The molecule has 2 aliphatic rings. The second-order valence-electron chi connectivity index (χ2n) is 10.1. The molecule has 1 fully saturated rings. The zero-order valence-corrected chi connectivity index (χ0v) is 22.7. The molecular formula is C27H30BrNO10. The number of alkyl halides is 1. The zero-order chi connectivity index (χ0) is 28.5. The molecule has 0 amide bonds. The number of fused-ring (bicyclic) bond motifs is 3. The molecule has 1 saturated heterocycles. The van der Waals surface area contributed by atoms with Crippen LogP contribution in [0.1, 0.15) is 30.6 Å². The minimum Gasteiger partial charge on any atom is -0.510 e.